The maximum Gasteiger partial charge on any atom is 0.416 e. The van der Waals surface area contributed by atoms with Gasteiger partial charge in [0.25, 0.3) is 0 Å². The lowest BCUT2D eigenvalue weighted by atomic mass is 10.0. The molecule has 0 aliphatic carbocycles. The van der Waals surface area contributed by atoms with Gasteiger partial charge in [-0.25, -0.2) is 4.39 Å². The summed E-state index contributed by atoms with van der Waals surface area (Å²) in [7, 11) is 0. The van der Waals surface area contributed by atoms with E-state index >= 15 is 0 Å². The molecule has 1 aromatic carbocycles. The van der Waals surface area contributed by atoms with Crippen molar-refractivity contribution in [1.29, 1.82) is 5.41 Å². The summed E-state index contributed by atoms with van der Waals surface area (Å²) < 4.78 is 52.0. The lowest BCUT2D eigenvalue weighted by Crippen LogP contribution is -2.29. The summed E-state index contributed by atoms with van der Waals surface area (Å²) in [4.78, 5) is 4.03. The minimum Gasteiger partial charge on any atom is -0.310 e. The van der Waals surface area contributed by atoms with Gasteiger partial charge in [-0.05, 0) is 36.8 Å². The van der Waals surface area contributed by atoms with E-state index in [1.807, 2.05) is 0 Å². The van der Waals surface area contributed by atoms with Gasteiger partial charge in [0.2, 0.25) is 0 Å². The Balaban J connectivity index is 1.99. The van der Waals surface area contributed by atoms with Crippen molar-refractivity contribution >= 4 is 17.3 Å². The van der Waals surface area contributed by atoms with Crippen molar-refractivity contribution in [1.82, 2.24) is 10.3 Å². The number of nitrogens with zero attached hydrogens (tertiary/aromatic N) is 1. The fraction of sp³-hybridized carbons (Fsp3) is 0.294. The minimum absolute atomic E-state index is 0.0445. The van der Waals surface area contributed by atoms with Gasteiger partial charge in [-0.2, -0.15) is 13.2 Å². The van der Waals surface area contributed by atoms with E-state index < -0.39 is 17.6 Å². The molecule has 8 heteroatoms. The molecule has 1 atom stereocenters. The molecule has 2 N–H and O–H groups in total. The standard InChI is InChI=1S/C17H16ClF4N3/c1-10(6-15(23)16-5-3-12(18)9-25-16)24-8-11-2-4-13(19)7-14(11)17(20,21)22/h2-5,7,9-10,23-24H,6,8H2,1H3/t10-/m0/s1. The predicted octanol–water partition coefficient (Wildman–Crippen LogP) is 4.83. The number of hydrogen-bond donors (Lipinski definition) is 2. The third kappa shape index (κ3) is 5.51. The fourth-order valence-electron chi connectivity index (χ4n) is 2.29. The quantitative estimate of drug-likeness (QED) is 0.563. The van der Waals surface area contributed by atoms with Gasteiger partial charge in [0.1, 0.15) is 5.82 Å². The van der Waals surface area contributed by atoms with Gasteiger partial charge in [-0.15, -0.1) is 0 Å². The van der Waals surface area contributed by atoms with Crippen LogP contribution < -0.4 is 5.32 Å². The molecule has 0 aliphatic rings. The Hall–Kier alpha value is -1.99. The molecule has 0 saturated heterocycles. The SMILES string of the molecule is C[C@@H](CC(=N)c1ccc(Cl)cn1)NCc1ccc(F)cc1C(F)(F)F. The van der Waals surface area contributed by atoms with E-state index in [0.717, 1.165) is 12.1 Å². The van der Waals surface area contributed by atoms with Crippen LogP contribution in [0.1, 0.15) is 30.2 Å². The molecule has 0 unspecified atom stereocenters. The van der Waals surface area contributed by atoms with Crippen molar-refractivity contribution in [3.8, 4) is 0 Å². The van der Waals surface area contributed by atoms with Gasteiger partial charge in [0.15, 0.2) is 0 Å². The Kier molecular flexibility index (Phi) is 6.13. The Labute approximate surface area is 147 Å². The van der Waals surface area contributed by atoms with E-state index in [2.05, 4.69) is 10.3 Å². The second kappa shape index (κ2) is 7.93. The Morgan fingerprint density at radius 2 is 2.00 bits per heavy atom. The van der Waals surface area contributed by atoms with Gasteiger partial charge >= 0.3 is 6.18 Å². The molecule has 0 bridgehead atoms. The lowest BCUT2D eigenvalue weighted by Gasteiger charge is -2.17. The van der Waals surface area contributed by atoms with E-state index in [0.29, 0.717) is 16.8 Å². The van der Waals surface area contributed by atoms with Crippen LogP contribution in [0.25, 0.3) is 0 Å². The van der Waals surface area contributed by atoms with E-state index in [4.69, 9.17) is 17.0 Å². The number of alkyl halides is 3. The Bertz CT molecular complexity index is 745. The zero-order chi connectivity index (χ0) is 18.6. The van der Waals surface area contributed by atoms with Gasteiger partial charge in [-0.1, -0.05) is 17.7 Å². The molecule has 0 spiro atoms. The van der Waals surface area contributed by atoms with Crippen LogP contribution in [-0.2, 0) is 12.7 Å². The summed E-state index contributed by atoms with van der Waals surface area (Å²) in [6.45, 7) is 1.67. The molecule has 134 valence electrons. The number of hydrogen-bond acceptors (Lipinski definition) is 3. The molecular formula is C17H16ClF4N3. The summed E-state index contributed by atoms with van der Waals surface area (Å²) in [6.07, 6.45) is -2.92. The fourth-order valence-corrected chi connectivity index (χ4v) is 2.40. The second-order valence-electron chi connectivity index (χ2n) is 5.63. The van der Waals surface area contributed by atoms with Crippen molar-refractivity contribution in [3.05, 3.63) is 64.2 Å². The van der Waals surface area contributed by atoms with Crippen LogP contribution in [-0.4, -0.2) is 16.7 Å². The van der Waals surface area contributed by atoms with Gasteiger partial charge in [0.05, 0.1) is 22.0 Å². The first-order valence-electron chi connectivity index (χ1n) is 7.45. The highest BCUT2D eigenvalue weighted by atomic mass is 35.5. The third-order valence-electron chi connectivity index (χ3n) is 3.57. The summed E-state index contributed by atoms with van der Waals surface area (Å²) >= 11 is 5.74. The molecule has 0 aliphatic heterocycles. The van der Waals surface area contributed by atoms with Crippen LogP contribution in [0.3, 0.4) is 0 Å². The number of aromatic nitrogens is 1. The first-order valence-corrected chi connectivity index (χ1v) is 7.83. The van der Waals surface area contributed by atoms with Crippen molar-refractivity contribution in [2.24, 2.45) is 0 Å². The average molecular weight is 374 g/mol. The molecule has 1 heterocycles. The van der Waals surface area contributed by atoms with Crippen LogP contribution in [0.5, 0.6) is 0 Å². The number of benzene rings is 1. The van der Waals surface area contributed by atoms with E-state index in [1.54, 1.807) is 19.1 Å². The molecule has 0 radical (unpaired) electrons. The molecule has 0 saturated carbocycles. The smallest absolute Gasteiger partial charge is 0.310 e. The predicted molar refractivity (Wildman–Crippen MR) is 88.4 cm³/mol. The monoisotopic (exact) mass is 373 g/mol. The molecule has 2 aromatic rings. The summed E-state index contributed by atoms with van der Waals surface area (Å²) in [5.41, 5.74) is -0.346. The largest absolute Gasteiger partial charge is 0.416 e. The molecule has 0 fully saturated rings. The van der Waals surface area contributed by atoms with Crippen LogP contribution in [0.4, 0.5) is 17.6 Å². The van der Waals surface area contributed by atoms with Crippen molar-refractivity contribution in [2.45, 2.75) is 32.1 Å². The molecule has 1 aromatic heterocycles. The normalized spacial score (nSPS) is 12.9. The third-order valence-corrected chi connectivity index (χ3v) is 3.79. The second-order valence-corrected chi connectivity index (χ2v) is 6.06. The summed E-state index contributed by atoms with van der Waals surface area (Å²) in [5, 5.41) is 11.4. The van der Waals surface area contributed by atoms with Crippen molar-refractivity contribution in [2.75, 3.05) is 0 Å². The maximum atomic E-state index is 13.1. The highest BCUT2D eigenvalue weighted by molar-refractivity contribution is 6.30. The number of pyridine rings is 1. The Morgan fingerprint density at radius 3 is 2.60 bits per heavy atom. The summed E-state index contributed by atoms with van der Waals surface area (Å²) in [6, 6.07) is 5.56. The van der Waals surface area contributed by atoms with Crippen LogP contribution in [0.15, 0.2) is 36.5 Å². The van der Waals surface area contributed by atoms with E-state index in [9.17, 15) is 17.6 Å². The van der Waals surface area contributed by atoms with Gasteiger partial charge in [-0.3, -0.25) is 4.98 Å². The van der Waals surface area contributed by atoms with Crippen LogP contribution >= 0.6 is 11.6 Å². The Morgan fingerprint density at radius 1 is 1.28 bits per heavy atom. The number of nitrogens with one attached hydrogen (secondary N) is 2. The topological polar surface area (TPSA) is 48.8 Å². The van der Waals surface area contributed by atoms with E-state index in [-0.39, 0.29) is 30.3 Å². The van der Waals surface area contributed by atoms with Gasteiger partial charge in [0, 0.05) is 25.2 Å². The zero-order valence-corrected chi connectivity index (χ0v) is 14.0. The summed E-state index contributed by atoms with van der Waals surface area (Å²) in [5.74, 6) is -0.931. The number of halogens is 5. The molecular weight excluding hydrogens is 358 g/mol. The highest BCUT2D eigenvalue weighted by Gasteiger charge is 2.33. The maximum absolute atomic E-state index is 13.1. The van der Waals surface area contributed by atoms with Crippen molar-refractivity contribution < 1.29 is 17.6 Å². The first kappa shape index (κ1) is 19.3. The molecule has 0 amide bonds. The van der Waals surface area contributed by atoms with E-state index in [1.165, 1.54) is 6.20 Å². The van der Waals surface area contributed by atoms with Crippen LogP contribution in [0, 0.1) is 11.2 Å². The average Bonchev–Trinajstić information content (AvgIpc) is 2.53. The zero-order valence-electron chi connectivity index (χ0n) is 13.3. The number of rotatable bonds is 6. The van der Waals surface area contributed by atoms with Crippen molar-refractivity contribution in [3.63, 3.8) is 0 Å². The molecule has 25 heavy (non-hydrogen) atoms. The lowest BCUT2D eigenvalue weighted by molar-refractivity contribution is -0.138. The highest BCUT2D eigenvalue weighted by Crippen LogP contribution is 2.32. The molecule has 3 nitrogen and oxygen atoms in total. The van der Waals surface area contributed by atoms with Crippen LogP contribution in [0.2, 0.25) is 5.02 Å². The first-order chi connectivity index (χ1) is 11.7. The molecule has 2 rings (SSSR count). The van der Waals surface area contributed by atoms with Gasteiger partial charge < -0.3 is 10.7 Å². The minimum atomic E-state index is -4.62.